The van der Waals surface area contributed by atoms with Crippen LogP contribution in [0.1, 0.15) is 20.7 Å². The Morgan fingerprint density at radius 3 is 2.32 bits per heavy atom. The van der Waals surface area contributed by atoms with Gasteiger partial charge in [-0.15, -0.1) is 10.2 Å². The number of anilines is 2. The van der Waals surface area contributed by atoms with E-state index in [4.69, 9.17) is 22.2 Å². The fourth-order valence-corrected chi connectivity index (χ4v) is 2.35. The number of azo groups is 1. The Morgan fingerprint density at radius 1 is 0.929 bits per heavy atom. The highest BCUT2D eigenvalue weighted by molar-refractivity contribution is 6.30. The third-order valence-corrected chi connectivity index (χ3v) is 3.84. The minimum atomic E-state index is -0.569. The second kappa shape index (κ2) is 8.79. The molecule has 140 valence electrons. The number of nitrogens with one attached hydrogen (secondary N) is 1. The summed E-state index contributed by atoms with van der Waals surface area (Å²) in [6.45, 7) is 0. The summed E-state index contributed by atoms with van der Waals surface area (Å²) in [7, 11) is 0. The second-order valence-electron chi connectivity index (χ2n) is 5.68. The number of rotatable bonds is 5. The van der Waals surface area contributed by atoms with Crippen molar-refractivity contribution >= 4 is 40.5 Å². The van der Waals surface area contributed by atoms with Gasteiger partial charge >= 0.3 is 5.97 Å². The number of nitrogens with two attached hydrogens (primary N) is 1. The summed E-state index contributed by atoms with van der Waals surface area (Å²) in [6.07, 6.45) is 0. The van der Waals surface area contributed by atoms with Crippen molar-refractivity contribution in [1.29, 1.82) is 0 Å². The van der Waals surface area contributed by atoms with Crippen LogP contribution in [0.15, 0.2) is 83.0 Å². The third-order valence-electron chi connectivity index (χ3n) is 3.60. The smallest absolute Gasteiger partial charge is 0.362 e. The number of hydrogen-bond donors (Lipinski definition) is 2. The van der Waals surface area contributed by atoms with Gasteiger partial charge in [0.05, 0.1) is 16.9 Å². The van der Waals surface area contributed by atoms with Crippen LogP contribution in [-0.4, -0.2) is 11.9 Å². The maximum absolute atomic E-state index is 12.0. The van der Waals surface area contributed by atoms with Crippen LogP contribution >= 0.6 is 11.6 Å². The molecule has 0 spiro atoms. The molecule has 3 aromatic carbocycles. The first-order chi connectivity index (χ1) is 13.5. The highest BCUT2D eigenvalue weighted by Crippen LogP contribution is 2.18. The highest BCUT2D eigenvalue weighted by atomic mass is 35.5. The van der Waals surface area contributed by atoms with Crippen molar-refractivity contribution in [2.45, 2.75) is 0 Å². The van der Waals surface area contributed by atoms with Gasteiger partial charge in [0.15, 0.2) is 0 Å². The van der Waals surface area contributed by atoms with E-state index < -0.39 is 11.9 Å². The van der Waals surface area contributed by atoms with Gasteiger partial charge in [-0.05, 0) is 66.7 Å². The van der Waals surface area contributed by atoms with Gasteiger partial charge < -0.3 is 10.6 Å². The van der Waals surface area contributed by atoms with Gasteiger partial charge in [-0.2, -0.15) is 0 Å². The van der Waals surface area contributed by atoms with E-state index in [0.717, 1.165) is 0 Å². The molecule has 0 fully saturated rings. The van der Waals surface area contributed by atoms with E-state index in [-0.39, 0.29) is 0 Å². The summed E-state index contributed by atoms with van der Waals surface area (Å²) >= 11 is 5.84. The molecular weight excluding hydrogens is 380 g/mol. The number of nitrogen functional groups attached to an aromatic ring is 1. The Balaban J connectivity index is 1.56. The molecule has 0 unspecified atom stereocenters. The Bertz CT molecular complexity index is 1020. The molecule has 0 atom stereocenters. The maximum atomic E-state index is 12.0. The van der Waals surface area contributed by atoms with E-state index in [1.807, 2.05) is 0 Å². The first kappa shape index (κ1) is 19.1. The zero-order chi connectivity index (χ0) is 19.9. The normalized spacial score (nSPS) is 10.6. The van der Waals surface area contributed by atoms with Crippen LogP contribution in [0.4, 0.5) is 17.1 Å². The van der Waals surface area contributed by atoms with Crippen LogP contribution in [0.5, 0.6) is 0 Å². The van der Waals surface area contributed by atoms with E-state index in [9.17, 15) is 9.59 Å². The summed E-state index contributed by atoms with van der Waals surface area (Å²) in [6, 6.07) is 19.3. The Morgan fingerprint density at radius 2 is 1.64 bits per heavy atom. The van der Waals surface area contributed by atoms with Crippen molar-refractivity contribution < 1.29 is 14.4 Å². The van der Waals surface area contributed by atoms with Gasteiger partial charge in [-0.1, -0.05) is 17.7 Å². The van der Waals surface area contributed by atoms with Crippen LogP contribution < -0.4 is 11.2 Å². The van der Waals surface area contributed by atoms with Crippen LogP contribution in [0.25, 0.3) is 0 Å². The molecule has 3 N–H and O–H groups in total. The quantitative estimate of drug-likeness (QED) is 0.358. The van der Waals surface area contributed by atoms with Crippen LogP contribution in [0.2, 0.25) is 5.02 Å². The number of nitrogens with zero attached hydrogens (tertiary/aromatic N) is 2. The van der Waals surface area contributed by atoms with Crippen molar-refractivity contribution in [3.8, 4) is 0 Å². The molecule has 8 heteroatoms. The lowest BCUT2D eigenvalue weighted by Gasteiger charge is -2.07. The molecule has 0 bridgehead atoms. The van der Waals surface area contributed by atoms with Crippen molar-refractivity contribution in [1.82, 2.24) is 0 Å². The van der Waals surface area contributed by atoms with E-state index in [0.29, 0.717) is 33.2 Å². The number of benzene rings is 3. The first-order valence-corrected chi connectivity index (χ1v) is 8.53. The standard InChI is InChI=1S/C20H15ClN4O3/c21-15-3-1-2-14(12-15)20(27)28-25-18-10-8-17(9-11-18)23-24-19(26)13-4-6-16(22)7-5-13/h1-12,25H,22H2. The molecular formula is C20H15ClN4O3. The van der Waals surface area contributed by atoms with E-state index in [2.05, 4.69) is 15.7 Å². The third kappa shape index (κ3) is 5.15. The molecule has 0 aliphatic heterocycles. The summed E-state index contributed by atoms with van der Waals surface area (Å²) in [4.78, 5) is 28.9. The average Bonchev–Trinajstić information content (AvgIpc) is 2.71. The maximum Gasteiger partial charge on any atom is 0.362 e. The molecule has 0 radical (unpaired) electrons. The van der Waals surface area contributed by atoms with Crippen molar-refractivity contribution in [3.63, 3.8) is 0 Å². The number of carbonyl (C=O) groups is 2. The zero-order valence-corrected chi connectivity index (χ0v) is 15.3. The largest absolute Gasteiger partial charge is 0.399 e. The summed E-state index contributed by atoms with van der Waals surface area (Å²) < 4.78 is 0. The Kier molecular flexibility index (Phi) is 5.98. The highest BCUT2D eigenvalue weighted by Gasteiger charge is 2.08. The molecule has 7 nitrogen and oxygen atoms in total. The minimum absolute atomic E-state index is 0.326. The van der Waals surface area contributed by atoms with Gasteiger partial charge in [0, 0.05) is 16.3 Å². The molecule has 0 aliphatic rings. The number of halogens is 1. The van der Waals surface area contributed by atoms with E-state index >= 15 is 0 Å². The summed E-state index contributed by atoms with van der Waals surface area (Å²) in [5, 5.41) is 8.01. The van der Waals surface area contributed by atoms with Gasteiger partial charge in [-0.3, -0.25) is 4.79 Å². The Labute approximate surface area is 165 Å². The molecule has 28 heavy (non-hydrogen) atoms. The van der Waals surface area contributed by atoms with Gasteiger partial charge in [-0.25, -0.2) is 10.3 Å². The van der Waals surface area contributed by atoms with Crippen molar-refractivity contribution in [2.75, 3.05) is 11.2 Å². The number of hydrogen-bond acceptors (Lipinski definition) is 6. The van der Waals surface area contributed by atoms with Gasteiger partial charge in [0.1, 0.15) is 0 Å². The molecule has 0 saturated heterocycles. The SMILES string of the molecule is Nc1ccc(C(=O)N=Nc2ccc(NOC(=O)c3cccc(Cl)c3)cc2)cc1. The molecule has 1 amide bonds. The predicted molar refractivity (Wildman–Crippen MR) is 107 cm³/mol. The van der Waals surface area contributed by atoms with Crippen LogP contribution in [0.3, 0.4) is 0 Å². The fraction of sp³-hybridized carbons (Fsp3) is 0. The molecule has 0 heterocycles. The first-order valence-electron chi connectivity index (χ1n) is 8.16. The molecule has 0 aliphatic carbocycles. The van der Waals surface area contributed by atoms with Crippen molar-refractivity contribution in [3.05, 3.63) is 88.9 Å². The summed E-state index contributed by atoms with van der Waals surface area (Å²) in [5.74, 6) is -1.04. The fourth-order valence-electron chi connectivity index (χ4n) is 2.16. The number of carbonyl (C=O) groups excluding carboxylic acids is 2. The minimum Gasteiger partial charge on any atom is -0.399 e. The van der Waals surface area contributed by atoms with Crippen molar-refractivity contribution in [2.24, 2.45) is 10.2 Å². The molecule has 3 aromatic rings. The average molecular weight is 395 g/mol. The van der Waals surface area contributed by atoms with Gasteiger partial charge in [0.25, 0.3) is 5.91 Å². The lowest BCUT2D eigenvalue weighted by molar-refractivity contribution is 0.0596. The molecule has 3 rings (SSSR count). The topological polar surface area (TPSA) is 106 Å². The van der Waals surface area contributed by atoms with E-state index in [1.165, 1.54) is 6.07 Å². The lowest BCUT2D eigenvalue weighted by Crippen LogP contribution is -2.10. The summed E-state index contributed by atoms with van der Waals surface area (Å²) in [5.41, 5.74) is 10.4. The van der Waals surface area contributed by atoms with Crippen LogP contribution in [-0.2, 0) is 4.84 Å². The zero-order valence-electron chi connectivity index (χ0n) is 14.5. The number of amides is 1. The monoisotopic (exact) mass is 394 g/mol. The second-order valence-corrected chi connectivity index (χ2v) is 6.11. The molecule has 0 aromatic heterocycles. The van der Waals surface area contributed by atoms with E-state index in [1.54, 1.807) is 66.7 Å². The molecule has 0 saturated carbocycles. The Hall–Kier alpha value is -3.71. The van der Waals surface area contributed by atoms with Gasteiger partial charge in [0.2, 0.25) is 0 Å². The predicted octanol–water partition coefficient (Wildman–Crippen LogP) is 5.03. The van der Waals surface area contributed by atoms with Crippen LogP contribution in [0, 0.1) is 0 Å². The lowest BCUT2D eigenvalue weighted by atomic mass is 10.2.